The number of aromatic nitrogens is 3. The Hall–Kier alpha value is -3.57. The van der Waals surface area contributed by atoms with Crippen molar-refractivity contribution in [2.24, 2.45) is 0 Å². The van der Waals surface area contributed by atoms with E-state index < -0.39 is 6.29 Å². The van der Waals surface area contributed by atoms with Gasteiger partial charge in [0.25, 0.3) is 0 Å². The van der Waals surface area contributed by atoms with Crippen LogP contribution in [0.25, 0.3) is 5.69 Å². The van der Waals surface area contributed by atoms with Gasteiger partial charge in [0.15, 0.2) is 11.5 Å². The second kappa shape index (κ2) is 7.99. The topological polar surface area (TPSA) is 90.7 Å². The van der Waals surface area contributed by atoms with E-state index in [0.29, 0.717) is 24.4 Å². The van der Waals surface area contributed by atoms with E-state index in [4.69, 9.17) is 4.74 Å². The highest BCUT2D eigenvalue weighted by atomic mass is 19.3. The summed E-state index contributed by atoms with van der Waals surface area (Å²) < 4.78 is 42.3. The van der Waals surface area contributed by atoms with E-state index >= 15 is 0 Å². The smallest absolute Gasteiger partial charge is 0.457 e. The maximum atomic E-state index is 13.3. The molecule has 2 aromatic carbocycles. The van der Waals surface area contributed by atoms with Crippen molar-refractivity contribution in [3.05, 3.63) is 64.5 Å². The summed E-state index contributed by atoms with van der Waals surface area (Å²) in [5, 5.41) is 12.1. The first-order valence-electron chi connectivity index (χ1n) is 11.3. The van der Waals surface area contributed by atoms with Gasteiger partial charge in [-0.1, -0.05) is 11.3 Å². The first kappa shape index (κ1) is 21.9. The van der Waals surface area contributed by atoms with E-state index in [9.17, 15) is 13.6 Å². The second-order valence-corrected chi connectivity index (χ2v) is 9.15. The number of piperazine rings is 1. The van der Waals surface area contributed by atoms with Gasteiger partial charge >= 0.3 is 12.3 Å². The third kappa shape index (κ3) is 4.00. The van der Waals surface area contributed by atoms with Crippen molar-refractivity contribution in [1.82, 2.24) is 25.2 Å². The molecule has 6 rings (SSSR count). The Bertz CT molecular complexity index is 1330. The lowest BCUT2D eigenvalue weighted by Gasteiger charge is -2.38. The molecule has 3 aliphatic rings. The highest BCUT2D eigenvalue weighted by Gasteiger charge is 2.43. The van der Waals surface area contributed by atoms with Crippen LogP contribution in [0.15, 0.2) is 36.5 Å². The van der Waals surface area contributed by atoms with E-state index in [0.717, 1.165) is 35.5 Å². The summed E-state index contributed by atoms with van der Waals surface area (Å²) in [6, 6.07) is 8.68. The minimum atomic E-state index is -3.66. The molecule has 1 aromatic heterocycles. The summed E-state index contributed by atoms with van der Waals surface area (Å²) in [7, 11) is 0. The normalized spacial score (nSPS) is 22.8. The highest BCUT2D eigenvalue weighted by molar-refractivity contribution is 5.94. The van der Waals surface area contributed by atoms with Crippen LogP contribution < -0.4 is 14.8 Å². The van der Waals surface area contributed by atoms with Crippen LogP contribution in [0, 0.1) is 6.92 Å². The number of hydrogen-bond donors (Lipinski definition) is 1. The van der Waals surface area contributed by atoms with Crippen LogP contribution in [0.3, 0.4) is 0 Å². The van der Waals surface area contributed by atoms with Crippen molar-refractivity contribution in [2.45, 2.75) is 45.4 Å². The van der Waals surface area contributed by atoms with Gasteiger partial charge in [-0.3, -0.25) is 4.90 Å². The van der Waals surface area contributed by atoms with Gasteiger partial charge in [0, 0.05) is 43.3 Å². The number of carbonyl (C=O) groups excluding carboxylic acids is 1. The van der Waals surface area contributed by atoms with Crippen molar-refractivity contribution in [3.63, 3.8) is 0 Å². The number of alkyl halides is 2. The average molecular weight is 483 g/mol. The molecule has 0 spiro atoms. The molecule has 4 heterocycles. The first-order chi connectivity index (χ1) is 16.8. The molecule has 9 nitrogen and oxygen atoms in total. The summed E-state index contributed by atoms with van der Waals surface area (Å²) in [6.45, 7) is 6.65. The molecule has 0 radical (unpaired) electrons. The fraction of sp³-hybridized carbons (Fsp3) is 0.375. The van der Waals surface area contributed by atoms with Crippen LogP contribution in [0.1, 0.15) is 45.7 Å². The van der Waals surface area contributed by atoms with Gasteiger partial charge in [-0.05, 0) is 43.2 Å². The quantitative estimate of drug-likeness (QED) is 0.567. The Labute approximate surface area is 199 Å². The van der Waals surface area contributed by atoms with Gasteiger partial charge in [0.1, 0.15) is 6.61 Å². The number of cyclic esters (lactones) is 1. The van der Waals surface area contributed by atoms with E-state index in [1.807, 2.05) is 19.1 Å². The van der Waals surface area contributed by atoms with Crippen molar-refractivity contribution in [2.75, 3.05) is 13.1 Å². The lowest BCUT2D eigenvalue weighted by Crippen LogP contribution is -2.50. The number of ether oxygens (including phenoxy) is 3. The number of benzene rings is 2. The predicted molar refractivity (Wildman–Crippen MR) is 118 cm³/mol. The molecule has 35 heavy (non-hydrogen) atoms. The van der Waals surface area contributed by atoms with Crippen LogP contribution in [-0.4, -0.2) is 51.3 Å². The molecule has 1 N–H and O–H groups in total. The average Bonchev–Trinajstić information content (AvgIpc) is 3.49. The van der Waals surface area contributed by atoms with Crippen LogP contribution in [0.4, 0.5) is 8.78 Å². The predicted octanol–water partition coefficient (Wildman–Crippen LogP) is 3.10. The molecule has 1 saturated heterocycles. The molecule has 182 valence electrons. The molecule has 11 heteroatoms. The SMILES string of the molecule is Cc1c([C@@H]2CN(Cc3cn(-c4ccc5c(c4)OC(F)(F)O5)nn3)C[C@H](C)N2)ccc2c1COC2=O. The minimum absolute atomic E-state index is 0.0160. The van der Waals surface area contributed by atoms with E-state index in [1.54, 1.807) is 12.3 Å². The van der Waals surface area contributed by atoms with E-state index in [-0.39, 0.29) is 29.6 Å². The molecule has 3 aliphatic heterocycles. The summed E-state index contributed by atoms with van der Waals surface area (Å²) in [5.74, 6) is -0.321. The van der Waals surface area contributed by atoms with Crippen molar-refractivity contribution in [3.8, 4) is 17.2 Å². The third-order valence-electron chi connectivity index (χ3n) is 6.62. The van der Waals surface area contributed by atoms with Crippen molar-refractivity contribution < 1.29 is 27.8 Å². The molecule has 0 aliphatic carbocycles. The van der Waals surface area contributed by atoms with Crippen LogP contribution in [0.2, 0.25) is 0 Å². The van der Waals surface area contributed by atoms with Crippen LogP contribution in [-0.2, 0) is 17.9 Å². The Kier molecular flexibility index (Phi) is 5.01. The third-order valence-corrected chi connectivity index (χ3v) is 6.62. The molecular formula is C24H23F2N5O4. The fourth-order valence-electron chi connectivity index (χ4n) is 5.04. The van der Waals surface area contributed by atoms with Crippen molar-refractivity contribution in [1.29, 1.82) is 0 Å². The standard InChI is InChI=1S/C24H23F2N5O4/c1-13-8-30(11-20(27-13)17-4-5-18-19(14(17)2)12-33-23(18)32)9-15-10-31(29-28-15)16-3-6-21-22(7-16)35-24(25,26)34-21/h3-7,10,13,20,27H,8-9,11-12H2,1-2H3/t13-,20-/m0/s1. The van der Waals surface area contributed by atoms with Crippen molar-refractivity contribution >= 4 is 5.97 Å². The second-order valence-electron chi connectivity index (χ2n) is 9.15. The monoisotopic (exact) mass is 483 g/mol. The first-order valence-corrected chi connectivity index (χ1v) is 11.3. The molecule has 0 unspecified atom stereocenters. The van der Waals surface area contributed by atoms with E-state index in [1.165, 1.54) is 16.8 Å². The van der Waals surface area contributed by atoms with Gasteiger partial charge in [-0.25, -0.2) is 9.48 Å². The molecular weight excluding hydrogens is 460 g/mol. The zero-order valence-corrected chi connectivity index (χ0v) is 19.1. The number of rotatable bonds is 4. The molecule has 1 fully saturated rings. The summed E-state index contributed by atoms with van der Waals surface area (Å²) in [5.41, 5.74) is 5.14. The number of nitrogens with one attached hydrogen (secondary N) is 1. The molecule has 3 aromatic rings. The number of halogens is 2. The molecule has 0 bridgehead atoms. The summed E-state index contributed by atoms with van der Waals surface area (Å²) in [6.07, 6.45) is -1.88. The van der Waals surface area contributed by atoms with E-state index in [2.05, 4.69) is 36.9 Å². The Morgan fingerprint density at radius 2 is 2.00 bits per heavy atom. The molecule has 0 amide bonds. The number of esters is 1. The molecule has 0 saturated carbocycles. The van der Waals surface area contributed by atoms with Gasteiger partial charge in [0.2, 0.25) is 0 Å². The van der Waals surface area contributed by atoms with Gasteiger partial charge in [-0.15, -0.1) is 13.9 Å². The fourth-order valence-corrected chi connectivity index (χ4v) is 5.04. The largest absolute Gasteiger partial charge is 0.586 e. The van der Waals surface area contributed by atoms with Crippen LogP contribution >= 0.6 is 0 Å². The summed E-state index contributed by atoms with van der Waals surface area (Å²) in [4.78, 5) is 14.2. The number of carbonyl (C=O) groups is 1. The number of hydrogen-bond acceptors (Lipinski definition) is 8. The number of nitrogens with zero attached hydrogens (tertiary/aromatic N) is 4. The van der Waals surface area contributed by atoms with Crippen LogP contribution in [0.5, 0.6) is 11.5 Å². The lowest BCUT2D eigenvalue weighted by molar-refractivity contribution is -0.286. The Morgan fingerprint density at radius 3 is 2.86 bits per heavy atom. The maximum Gasteiger partial charge on any atom is 0.586 e. The lowest BCUT2D eigenvalue weighted by atomic mass is 9.92. The minimum Gasteiger partial charge on any atom is -0.457 e. The highest BCUT2D eigenvalue weighted by Crippen LogP contribution is 2.41. The maximum absolute atomic E-state index is 13.3. The molecule has 2 atom stereocenters. The van der Waals surface area contributed by atoms with Gasteiger partial charge in [-0.2, -0.15) is 0 Å². The zero-order chi connectivity index (χ0) is 24.3. The number of fused-ring (bicyclic) bond motifs is 2. The zero-order valence-electron chi connectivity index (χ0n) is 19.1. The van der Waals surface area contributed by atoms with Gasteiger partial charge in [0.05, 0.1) is 23.1 Å². The van der Waals surface area contributed by atoms with Gasteiger partial charge < -0.3 is 19.5 Å². The Morgan fingerprint density at radius 1 is 1.17 bits per heavy atom. The Balaban J connectivity index is 1.18. The summed E-state index contributed by atoms with van der Waals surface area (Å²) >= 11 is 0.